The quantitative estimate of drug-likeness (QED) is 0.597. The molecule has 4 amide bonds. The topological polar surface area (TPSA) is 103 Å². The normalized spacial score (nSPS) is 18.6. The van der Waals surface area contributed by atoms with Gasteiger partial charge < -0.3 is 34.8 Å². The van der Waals surface area contributed by atoms with E-state index in [1.807, 2.05) is 30.3 Å². The number of para-hydroxylation sites is 1. The molecule has 1 saturated carbocycles. The molecule has 2 heterocycles. The molecule has 37 heavy (non-hydrogen) atoms. The molecule has 3 fully saturated rings. The van der Waals surface area contributed by atoms with Gasteiger partial charge in [0.15, 0.2) is 0 Å². The van der Waals surface area contributed by atoms with Crippen LogP contribution in [0.3, 0.4) is 0 Å². The molecule has 1 aliphatic carbocycles. The predicted octanol–water partition coefficient (Wildman–Crippen LogP) is 2.66. The lowest BCUT2D eigenvalue weighted by molar-refractivity contribution is -0.137. The zero-order chi connectivity index (χ0) is 26.0. The van der Waals surface area contributed by atoms with Crippen molar-refractivity contribution in [3.05, 3.63) is 48.5 Å². The van der Waals surface area contributed by atoms with E-state index in [-0.39, 0.29) is 30.4 Å². The number of hydrogen-bond donors (Lipinski definition) is 2. The largest absolute Gasteiger partial charge is 0.497 e. The Morgan fingerprint density at radius 1 is 1.00 bits per heavy atom. The standard InChI is InChI=1S/C27H33N5O5/c1-36-22-14-20(15-23(16-22)37-2)29-26(35)30-12-10-27(11-13-30)25(34)31(17-24(33)28-19-8-9-19)18-32(27)21-6-4-3-5-7-21/h3-7,14-16,19H,8-13,17-18H2,1-2H3,(H,28,33)(H,29,35). The zero-order valence-corrected chi connectivity index (χ0v) is 21.2. The predicted molar refractivity (Wildman–Crippen MR) is 139 cm³/mol. The van der Waals surface area contributed by atoms with Crippen LogP contribution in [0, 0.1) is 0 Å². The summed E-state index contributed by atoms with van der Waals surface area (Å²) in [5.41, 5.74) is 0.705. The molecular formula is C27H33N5O5. The summed E-state index contributed by atoms with van der Waals surface area (Å²) in [4.78, 5) is 44.8. The van der Waals surface area contributed by atoms with Gasteiger partial charge in [0.2, 0.25) is 5.91 Å². The summed E-state index contributed by atoms with van der Waals surface area (Å²) in [6.07, 6.45) is 2.94. The highest BCUT2D eigenvalue weighted by atomic mass is 16.5. The van der Waals surface area contributed by atoms with Gasteiger partial charge in [-0.25, -0.2) is 4.79 Å². The van der Waals surface area contributed by atoms with Gasteiger partial charge >= 0.3 is 6.03 Å². The van der Waals surface area contributed by atoms with E-state index in [4.69, 9.17) is 9.47 Å². The molecule has 0 radical (unpaired) electrons. The van der Waals surface area contributed by atoms with Gasteiger partial charge in [-0.15, -0.1) is 0 Å². The van der Waals surface area contributed by atoms with Crippen LogP contribution in [0.15, 0.2) is 48.5 Å². The third kappa shape index (κ3) is 5.14. The maximum atomic E-state index is 13.8. The number of carbonyl (C=O) groups is 3. The number of hydrogen-bond acceptors (Lipinski definition) is 6. The molecule has 2 aromatic carbocycles. The third-order valence-electron chi connectivity index (χ3n) is 7.34. The monoisotopic (exact) mass is 507 g/mol. The van der Waals surface area contributed by atoms with Crippen molar-refractivity contribution in [1.29, 1.82) is 0 Å². The molecule has 196 valence electrons. The SMILES string of the molecule is COc1cc(NC(=O)N2CCC3(CC2)C(=O)N(CC(=O)NC2CC2)CN3c2ccccc2)cc(OC)c1. The first-order valence-corrected chi connectivity index (χ1v) is 12.6. The van der Waals surface area contributed by atoms with Gasteiger partial charge in [0.1, 0.15) is 23.6 Å². The molecule has 3 aliphatic rings. The number of rotatable bonds is 7. The molecule has 2 N–H and O–H groups in total. The maximum absolute atomic E-state index is 13.8. The van der Waals surface area contributed by atoms with E-state index in [0.29, 0.717) is 49.8 Å². The van der Waals surface area contributed by atoms with Crippen LogP contribution >= 0.6 is 0 Å². The van der Waals surface area contributed by atoms with Crippen molar-refractivity contribution in [2.75, 3.05) is 50.7 Å². The molecule has 2 saturated heterocycles. The van der Waals surface area contributed by atoms with Gasteiger partial charge in [0.05, 0.1) is 20.9 Å². The minimum Gasteiger partial charge on any atom is -0.497 e. The van der Waals surface area contributed by atoms with Gasteiger partial charge in [0.25, 0.3) is 5.91 Å². The van der Waals surface area contributed by atoms with Crippen molar-refractivity contribution >= 4 is 29.2 Å². The summed E-state index contributed by atoms with van der Waals surface area (Å²) < 4.78 is 10.6. The first kappa shape index (κ1) is 24.7. The van der Waals surface area contributed by atoms with Crippen LogP contribution in [0.1, 0.15) is 25.7 Å². The Hall–Kier alpha value is -3.95. The fourth-order valence-corrected chi connectivity index (χ4v) is 5.16. The van der Waals surface area contributed by atoms with Crippen LogP contribution in [0.4, 0.5) is 16.2 Å². The van der Waals surface area contributed by atoms with E-state index in [1.165, 1.54) is 0 Å². The second kappa shape index (κ2) is 10.2. The molecule has 10 heteroatoms. The summed E-state index contributed by atoms with van der Waals surface area (Å²) in [5, 5.41) is 5.90. The number of nitrogens with one attached hydrogen (secondary N) is 2. The van der Waals surface area contributed by atoms with E-state index in [9.17, 15) is 14.4 Å². The lowest BCUT2D eigenvalue weighted by atomic mass is 9.85. The Kier molecular flexibility index (Phi) is 6.82. The molecule has 0 bridgehead atoms. The number of benzene rings is 2. The molecule has 0 atom stereocenters. The summed E-state index contributed by atoms with van der Waals surface area (Å²) in [7, 11) is 3.11. The average Bonchev–Trinajstić information content (AvgIpc) is 3.70. The van der Waals surface area contributed by atoms with E-state index in [0.717, 1.165) is 18.5 Å². The second-order valence-corrected chi connectivity index (χ2v) is 9.80. The molecular weight excluding hydrogens is 474 g/mol. The second-order valence-electron chi connectivity index (χ2n) is 9.80. The van der Waals surface area contributed by atoms with Gasteiger partial charge in [-0.3, -0.25) is 9.59 Å². The van der Waals surface area contributed by atoms with E-state index < -0.39 is 5.54 Å². The van der Waals surface area contributed by atoms with Gasteiger partial charge in [-0.1, -0.05) is 18.2 Å². The van der Waals surface area contributed by atoms with Crippen molar-refractivity contribution in [2.24, 2.45) is 0 Å². The Morgan fingerprint density at radius 3 is 2.24 bits per heavy atom. The van der Waals surface area contributed by atoms with E-state index >= 15 is 0 Å². The Labute approximate surface area is 216 Å². The van der Waals surface area contributed by atoms with Gasteiger partial charge in [-0.05, 0) is 37.8 Å². The fourth-order valence-electron chi connectivity index (χ4n) is 5.16. The minimum absolute atomic E-state index is 0.0439. The number of urea groups is 1. The lowest BCUT2D eigenvalue weighted by Crippen LogP contribution is -2.58. The number of carbonyl (C=O) groups excluding carboxylic acids is 3. The molecule has 0 unspecified atom stereocenters. The van der Waals surface area contributed by atoms with Gasteiger partial charge in [-0.2, -0.15) is 0 Å². The highest BCUT2D eigenvalue weighted by molar-refractivity contribution is 5.97. The van der Waals surface area contributed by atoms with Crippen molar-refractivity contribution in [3.63, 3.8) is 0 Å². The molecule has 0 aromatic heterocycles. The molecule has 10 nitrogen and oxygen atoms in total. The maximum Gasteiger partial charge on any atom is 0.321 e. The van der Waals surface area contributed by atoms with Crippen molar-refractivity contribution < 1.29 is 23.9 Å². The lowest BCUT2D eigenvalue weighted by Gasteiger charge is -2.43. The first-order chi connectivity index (χ1) is 17.9. The van der Waals surface area contributed by atoms with Gasteiger partial charge in [0, 0.05) is 48.7 Å². The van der Waals surface area contributed by atoms with Crippen LogP contribution in [0.5, 0.6) is 11.5 Å². The molecule has 1 spiro atoms. The number of likely N-dealkylation sites (tertiary alicyclic amines) is 1. The van der Waals surface area contributed by atoms with Crippen LogP contribution in [0.25, 0.3) is 0 Å². The number of nitrogens with zero attached hydrogens (tertiary/aromatic N) is 3. The Bertz CT molecular complexity index is 1140. The van der Waals surface area contributed by atoms with E-state index in [2.05, 4.69) is 15.5 Å². The highest BCUT2D eigenvalue weighted by Crippen LogP contribution is 2.39. The fraction of sp³-hybridized carbons (Fsp3) is 0.444. The van der Waals surface area contributed by atoms with Crippen molar-refractivity contribution in [1.82, 2.24) is 15.1 Å². The smallest absolute Gasteiger partial charge is 0.321 e. The van der Waals surface area contributed by atoms with E-state index in [1.54, 1.807) is 42.2 Å². The summed E-state index contributed by atoms with van der Waals surface area (Å²) in [5.74, 6) is 0.979. The third-order valence-corrected chi connectivity index (χ3v) is 7.34. The number of piperidine rings is 1. The number of ether oxygens (including phenoxy) is 2. The number of anilines is 2. The summed E-state index contributed by atoms with van der Waals surface area (Å²) >= 11 is 0. The number of amides is 4. The Morgan fingerprint density at radius 2 is 1.65 bits per heavy atom. The molecule has 2 aliphatic heterocycles. The average molecular weight is 508 g/mol. The number of methoxy groups -OCH3 is 2. The summed E-state index contributed by atoms with van der Waals surface area (Å²) in [6, 6.07) is 15.0. The summed E-state index contributed by atoms with van der Waals surface area (Å²) in [6.45, 7) is 1.20. The molecule has 2 aromatic rings. The van der Waals surface area contributed by atoms with Crippen molar-refractivity contribution in [2.45, 2.75) is 37.3 Å². The van der Waals surface area contributed by atoms with Crippen LogP contribution < -0.4 is 25.0 Å². The zero-order valence-electron chi connectivity index (χ0n) is 21.2. The highest BCUT2D eigenvalue weighted by Gasteiger charge is 2.54. The molecule has 5 rings (SSSR count). The van der Waals surface area contributed by atoms with Crippen LogP contribution in [0.2, 0.25) is 0 Å². The minimum atomic E-state index is -0.794. The Balaban J connectivity index is 1.30. The first-order valence-electron chi connectivity index (χ1n) is 12.6. The van der Waals surface area contributed by atoms with Crippen LogP contribution in [-0.4, -0.2) is 79.7 Å². The van der Waals surface area contributed by atoms with Crippen molar-refractivity contribution in [3.8, 4) is 11.5 Å². The van der Waals surface area contributed by atoms with Crippen LogP contribution in [-0.2, 0) is 9.59 Å².